The lowest BCUT2D eigenvalue weighted by Gasteiger charge is -2.34. The molecule has 0 radical (unpaired) electrons. The van der Waals surface area contributed by atoms with Crippen LogP contribution in [0.4, 0.5) is 19.3 Å². The standard InChI is InChI=1S/C22H24ClF2N3O2.ClH/c23-17-7-8-19-15(12-17)9-11-28(19)22(29)26-18-5-3-10-27(14-18)13-16-4-1-2-6-20(16)30-21(24)25;/h1-2,4,6-8,12,18,21H,3,5,9-11,13-14H2,(H,26,29);1H. The van der Waals surface area contributed by atoms with Gasteiger partial charge in [-0.05, 0) is 55.6 Å². The molecule has 1 N–H and O–H groups in total. The number of nitrogens with zero attached hydrogens (tertiary/aromatic N) is 2. The largest absolute Gasteiger partial charge is 0.434 e. The average Bonchev–Trinajstić information content (AvgIpc) is 3.12. The predicted molar refractivity (Wildman–Crippen MR) is 120 cm³/mol. The molecular weight excluding hydrogens is 447 g/mol. The second kappa shape index (κ2) is 10.5. The summed E-state index contributed by atoms with van der Waals surface area (Å²) in [6, 6.07) is 12.3. The summed E-state index contributed by atoms with van der Waals surface area (Å²) in [5.41, 5.74) is 2.70. The number of para-hydroxylation sites is 1. The van der Waals surface area contributed by atoms with Gasteiger partial charge in [0.15, 0.2) is 0 Å². The van der Waals surface area contributed by atoms with E-state index in [4.69, 9.17) is 11.6 Å². The van der Waals surface area contributed by atoms with E-state index in [2.05, 4.69) is 15.0 Å². The van der Waals surface area contributed by atoms with Crippen molar-refractivity contribution in [3.8, 4) is 5.75 Å². The van der Waals surface area contributed by atoms with Gasteiger partial charge < -0.3 is 10.1 Å². The molecular formula is C22H25Cl2F2N3O2. The van der Waals surface area contributed by atoms with Gasteiger partial charge in [0.2, 0.25) is 0 Å². The Bertz CT molecular complexity index is 916. The number of piperidine rings is 1. The molecule has 0 saturated carbocycles. The van der Waals surface area contributed by atoms with Gasteiger partial charge in [-0.25, -0.2) is 4.79 Å². The van der Waals surface area contributed by atoms with Crippen LogP contribution in [0.2, 0.25) is 5.02 Å². The van der Waals surface area contributed by atoms with Crippen LogP contribution in [-0.2, 0) is 13.0 Å². The quantitative estimate of drug-likeness (QED) is 0.659. The number of fused-ring (bicyclic) bond motifs is 1. The van der Waals surface area contributed by atoms with E-state index in [9.17, 15) is 13.6 Å². The normalized spacial score (nSPS) is 18.5. The number of rotatable bonds is 5. The third-order valence-corrected chi connectivity index (χ3v) is 5.83. The number of ether oxygens (including phenoxy) is 1. The minimum Gasteiger partial charge on any atom is -0.434 e. The van der Waals surface area contributed by atoms with Crippen molar-refractivity contribution >= 4 is 35.7 Å². The summed E-state index contributed by atoms with van der Waals surface area (Å²) in [7, 11) is 0. The summed E-state index contributed by atoms with van der Waals surface area (Å²) in [6.07, 6.45) is 2.61. The molecule has 168 valence electrons. The van der Waals surface area contributed by atoms with Gasteiger partial charge >= 0.3 is 12.6 Å². The van der Waals surface area contributed by atoms with Crippen LogP contribution >= 0.6 is 24.0 Å². The predicted octanol–water partition coefficient (Wildman–Crippen LogP) is 5.10. The molecule has 0 spiro atoms. The molecule has 2 aromatic rings. The van der Waals surface area contributed by atoms with Gasteiger partial charge in [-0.1, -0.05) is 29.8 Å². The number of carbonyl (C=O) groups excluding carboxylic acids is 1. The van der Waals surface area contributed by atoms with E-state index < -0.39 is 6.61 Å². The molecule has 2 aromatic carbocycles. The third-order valence-electron chi connectivity index (χ3n) is 5.60. The van der Waals surface area contributed by atoms with Crippen molar-refractivity contribution in [1.29, 1.82) is 0 Å². The summed E-state index contributed by atoms with van der Waals surface area (Å²) in [6.45, 7) is -0.203. The van der Waals surface area contributed by atoms with E-state index in [1.54, 1.807) is 29.2 Å². The fourth-order valence-electron chi connectivity index (χ4n) is 4.24. The highest BCUT2D eigenvalue weighted by molar-refractivity contribution is 6.30. The van der Waals surface area contributed by atoms with Crippen LogP contribution in [-0.4, -0.2) is 43.2 Å². The fourth-order valence-corrected chi connectivity index (χ4v) is 4.43. The summed E-state index contributed by atoms with van der Waals surface area (Å²) in [5.74, 6) is 0.200. The number of halogens is 4. The number of anilines is 1. The number of alkyl halides is 2. The van der Waals surface area contributed by atoms with E-state index in [1.165, 1.54) is 0 Å². The Kier molecular flexibility index (Phi) is 7.97. The highest BCUT2D eigenvalue weighted by atomic mass is 35.5. The van der Waals surface area contributed by atoms with Crippen molar-refractivity contribution in [1.82, 2.24) is 10.2 Å². The zero-order valence-electron chi connectivity index (χ0n) is 16.9. The van der Waals surface area contributed by atoms with E-state index in [1.807, 2.05) is 18.2 Å². The molecule has 1 fully saturated rings. The number of urea groups is 1. The van der Waals surface area contributed by atoms with Crippen LogP contribution in [0, 0.1) is 0 Å². The molecule has 0 aromatic heterocycles. The Hall–Kier alpha value is -2.09. The number of hydrogen-bond donors (Lipinski definition) is 1. The number of benzene rings is 2. The van der Waals surface area contributed by atoms with Crippen LogP contribution < -0.4 is 15.0 Å². The Labute approximate surface area is 191 Å². The number of carbonyl (C=O) groups is 1. The summed E-state index contributed by atoms with van der Waals surface area (Å²) in [5, 5.41) is 3.82. The fraction of sp³-hybridized carbons (Fsp3) is 0.409. The van der Waals surface area contributed by atoms with Crippen molar-refractivity contribution in [2.75, 3.05) is 24.5 Å². The van der Waals surface area contributed by atoms with Crippen LogP contribution in [0.3, 0.4) is 0 Å². The van der Waals surface area contributed by atoms with Gasteiger partial charge in [0.05, 0.1) is 0 Å². The molecule has 2 heterocycles. The molecule has 4 rings (SSSR count). The molecule has 1 saturated heterocycles. The minimum atomic E-state index is -2.85. The first kappa shape index (κ1) is 23.6. The lowest BCUT2D eigenvalue weighted by atomic mass is 10.0. The zero-order chi connectivity index (χ0) is 21.1. The van der Waals surface area contributed by atoms with Gasteiger partial charge in [0, 0.05) is 41.9 Å². The van der Waals surface area contributed by atoms with Crippen molar-refractivity contribution in [3.63, 3.8) is 0 Å². The minimum absolute atomic E-state index is 0. The SMILES string of the molecule is Cl.O=C(NC1CCCN(Cc2ccccc2OC(F)F)C1)N1CCc2cc(Cl)ccc21. The van der Waals surface area contributed by atoms with Gasteiger partial charge in [0.25, 0.3) is 0 Å². The Morgan fingerprint density at radius 3 is 2.84 bits per heavy atom. The molecule has 0 bridgehead atoms. The molecule has 1 atom stereocenters. The lowest BCUT2D eigenvalue weighted by molar-refractivity contribution is -0.0508. The van der Waals surface area contributed by atoms with E-state index >= 15 is 0 Å². The van der Waals surface area contributed by atoms with Crippen LogP contribution in [0.25, 0.3) is 0 Å². The second-order valence-corrected chi connectivity index (χ2v) is 8.12. The molecule has 31 heavy (non-hydrogen) atoms. The highest BCUT2D eigenvalue weighted by Crippen LogP contribution is 2.30. The third kappa shape index (κ3) is 5.79. The van der Waals surface area contributed by atoms with Crippen molar-refractivity contribution in [2.45, 2.75) is 38.5 Å². The number of hydrogen-bond acceptors (Lipinski definition) is 3. The smallest absolute Gasteiger partial charge is 0.387 e. The zero-order valence-corrected chi connectivity index (χ0v) is 18.5. The van der Waals surface area contributed by atoms with Crippen molar-refractivity contribution in [2.24, 2.45) is 0 Å². The first-order valence-corrected chi connectivity index (χ1v) is 10.5. The highest BCUT2D eigenvalue weighted by Gasteiger charge is 2.28. The summed E-state index contributed by atoms with van der Waals surface area (Å²) in [4.78, 5) is 16.8. The van der Waals surface area contributed by atoms with Crippen molar-refractivity contribution in [3.05, 3.63) is 58.6 Å². The summed E-state index contributed by atoms with van der Waals surface area (Å²) >= 11 is 6.05. The molecule has 2 amide bonds. The van der Waals surface area contributed by atoms with Gasteiger partial charge in [0.1, 0.15) is 5.75 Å². The molecule has 0 aliphatic carbocycles. The van der Waals surface area contributed by atoms with E-state index in [-0.39, 0.29) is 30.2 Å². The Morgan fingerprint density at radius 2 is 2.03 bits per heavy atom. The molecule has 2 aliphatic rings. The van der Waals surface area contributed by atoms with Crippen LogP contribution in [0.5, 0.6) is 5.75 Å². The molecule has 9 heteroatoms. The number of amides is 2. The van der Waals surface area contributed by atoms with Gasteiger partial charge in [-0.2, -0.15) is 8.78 Å². The number of likely N-dealkylation sites (tertiary alicyclic amines) is 1. The first-order valence-electron chi connectivity index (χ1n) is 10.1. The van der Waals surface area contributed by atoms with Crippen LogP contribution in [0.1, 0.15) is 24.0 Å². The second-order valence-electron chi connectivity index (χ2n) is 7.68. The lowest BCUT2D eigenvalue weighted by Crippen LogP contribution is -2.51. The average molecular weight is 472 g/mol. The maximum atomic E-state index is 12.9. The van der Waals surface area contributed by atoms with Gasteiger partial charge in [-0.15, -0.1) is 12.4 Å². The molecule has 2 aliphatic heterocycles. The Balaban J connectivity index is 0.00000272. The Morgan fingerprint density at radius 1 is 1.23 bits per heavy atom. The maximum absolute atomic E-state index is 12.9. The summed E-state index contributed by atoms with van der Waals surface area (Å²) < 4.78 is 30.0. The maximum Gasteiger partial charge on any atom is 0.387 e. The van der Waals surface area contributed by atoms with E-state index in [0.29, 0.717) is 24.7 Å². The molecule has 5 nitrogen and oxygen atoms in total. The van der Waals surface area contributed by atoms with E-state index in [0.717, 1.165) is 42.6 Å². The van der Waals surface area contributed by atoms with Gasteiger partial charge in [-0.3, -0.25) is 9.80 Å². The molecule has 1 unspecified atom stereocenters. The monoisotopic (exact) mass is 471 g/mol. The van der Waals surface area contributed by atoms with Crippen LogP contribution in [0.15, 0.2) is 42.5 Å². The first-order chi connectivity index (χ1) is 14.5. The van der Waals surface area contributed by atoms with Crippen molar-refractivity contribution < 1.29 is 18.3 Å². The number of nitrogens with one attached hydrogen (secondary N) is 1. The topological polar surface area (TPSA) is 44.8 Å².